The quantitative estimate of drug-likeness (QED) is 0.410. The van der Waals surface area contributed by atoms with Crippen LogP contribution >= 0.6 is 0 Å². The number of fused-ring (bicyclic) bond motifs is 1. The first-order valence-electron chi connectivity index (χ1n) is 12.5. The molecule has 3 aromatic rings. The van der Waals surface area contributed by atoms with Crippen molar-refractivity contribution in [1.82, 2.24) is 14.5 Å². The maximum absolute atomic E-state index is 15.4. The van der Waals surface area contributed by atoms with Crippen LogP contribution in [-0.2, 0) is 9.84 Å². The van der Waals surface area contributed by atoms with Crippen molar-refractivity contribution in [3.05, 3.63) is 58.0 Å². The summed E-state index contributed by atoms with van der Waals surface area (Å²) in [5, 5.41) is 13.3. The van der Waals surface area contributed by atoms with Crippen molar-refractivity contribution in [1.29, 1.82) is 0 Å². The summed E-state index contributed by atoms with van der Waals surface area (Å²) >= 11 is 0. The van der Waals surface area contributed by atoms with Gasteiger partial charge in [0.25, 0.3) is 5.91 Å². The molecule has 1 aliphatic rings. The number of halogens is 5. The van der Waals surface area contributed by atoms with Gasteiger partial charge in [0.15, 0.2) is 0 Å². The Morgan fingerprint density at radius 3 is 2.24 bits per heavy atom. The van der Waals surface area contributed by atoms with E-state index in [1.165, 1.54) is 20.8 Å². The van der Waals surface area contributed by atoms with Crippen molar-refractivity contribution < 1.29 is 45.0 Å². The number of alkyl halides is 3. The van der Waals surface area contributed by atoms with Gasteiger partial charge in [-0.3, -0.25) is 13.9 Å². The first kappa shape index (κ1) is 30.5. The number of imidazole rings is 1. The van der Waals surface area contributed by atoms with E-state index in [2.05, 4.69) is 10.1 Å². The topological polar surface area (TPSA) is 120 Å². The lowest BCUT2D eigenvalue weighted by atomic mass is 9.94. The molecule has 1 atom stereocenters. The lowest BCUT2D eigenvalue weighted by Crippen LogP contribution is -2.51. The minimum absolute atomic E-state index is 0.0946. The number of aromatic nitrogens is 2. The highest BCUT2D eigenvalue weighted by Gasteiger charge is 2.36. The fourth-order valence-electron chi connectivity index (χ4n) is 4.65. The van der Waals surface area contributed by atoms with Crippen LogP contribution in [0.25, 0.3) is 16.7 Å². The summed E-state index contributed by atoms with van der Waals surface area (Å²) < 4.78 is 98.0. The largest absolute Gasteiger partial charge is 0.573 e. The number of carbonyl (C=O) groups excluding carboxylic acids is 1. The first-order valence-corrected chi connectivity index (χ1v) is 14.3. The summed E-state index contributed by atoms with van der Waals surface area (Å²) in [6.07, 6.45) is -4.92. The molecule has 1 fully saturated rings. The van der Waals surface area contributed by atoms with Crippen LogP contribution in [0.2, 0.25) is 0 Å². The molecule has 0 aliphatic carbocycles. The summed E-state index contributed by atoms with van der Waals surface area (Å²) in [7, 11) is -3.26. The third kappa shape index (κ3) is 6.25. The predicted octanol–water partition coefficient (Wildman–Crippen LogP) is 4.00. The normalized spacial score (nSPS) is 17.8. The second-order valence-electron chi connectivity index (χ2n) is 11.0. The molecular weight excluding hydrogens is 577 g/mol. The van der Waals surface area contributed by atoms with Crippen LogP contribution in [0.3, 0.4) is 0 Å². The van der Waals surface area contributed by atoms with E-state index >= 15 is 4.39 Å². The number of nitrogens with zero attached hydrogens (tertiary/aromatic N) is 2. The summed E-state index contributed by atoms with van der Waals surface area (Å²) in [4.78, 5) is 26.8. The summed E-state index contributed by atoms with van der Waals surface area (Å²) in [6.45, 7) is 5.82. The van der Waals surface area contributed by atoms with Crippen LogP contribution in [0.1, 0.15) is 56.9 Å². The molecule has 4 rings (SSSR count). The Labute approximate surface area is 231 Å². The molecule has 2 N–H and O–H groups in total. The molecule has 0 bridgehead atoms. The molecule has 1 amide bonds. The number of carbonyl (C=O) groups is 1. The van der Waals surface area contributed by atoms with E-state index in [0.29, 0.717) is 22.8 Å². The van der Waals surface area contributed by atoms with Crippen molar-refractivity contribution in [2.24, 2.45) is 0 Å². The number of rotatable bonds is 6. The first-order chi connectivity index (χ1) is 18.7. The number of hydrogen-bond donors (Lipinski definition) is 2. The van der Waals surface area contributed by atoms with E-state index in [1.54, 1.807) is 6.92 Å². The fraction of sp³-hybridized carbons (Fsp3) is 0.462. The standard InChI is InChI=1S/C26H28F5N3O6S/c1-14(24(2,3)37)33-20-12-16(22(35)32-25(4)7-9-41(38,39)10-8-25)18(28)13-21(20)34(23(33)36)19-11-15(5-6-17(19)27)40-26(29,30)31/h5-6,11-14,37H,7-10H2,1-4H3,(H,32,35)/t14-/m0/s1. The van der Waals surface area contributed by atoms with Gasteiger partial charge in [0, 0.05) is 17.7 Å². The van der Waals surface area contributed by atoms with Gasteiger partial charge in [0.1, 0.15) is 27.2 Å². The molecule has 0 unspecified atom stereocenters. The van der Waals surface area contributed by atoms with E-state index in [4.69, 9.17) is 0 Å². The van der Waals surface area contributed by atoms with Crippen molar-refractivity contribution >= 4 is 26.8 Å². The number of ether oxygens (including phenoxy) is 1. The molecule has 1 aromatic heterocycles. The molecule has 1 saturated heterocycles. The zero-order valence-corrected chi connectivity index (χ0v) is 23.3. The second kappa shape index (κ2) is 10.1. The molecule has 2 aromatic carbocycles. The van der Waals surface area contributed by atoms with Crippen LogP contribution in [0, 0.1) is 11.6 Å². The lowest BCUT2D eigenvalue weighted by molar-refractivity contribution is -0.274. The van der Waals surface area contributed by atoms with Crippen LogP contribution in [-0.4, -0.2) is 57.6 Å². The highest BCUT2D eigenvalue weighted by Crippen LogP contribution is 2.32. The van der Waals surface area contributed by atoms with Crippen LogP contribution in [0.5, 0.6) is 5.75 Å². The monoisotopic (exact) mass is 605 g/mol. The number of benzene rings is 2. The molecule has 0 spiro atoms. The number of aliphatic hydroxyl groups is 1. The molecule has 0 saturated carbocycles. The van der Waals surface area contributed by atoms with Crippen molar-refractivity contribution in [2.45, 2.75) is 64.1 Å². The van der Waals surface area contributed by atoms with E-state index in [9.17, 15) is 40.7 Å². The fourth-order valence-corrected chi connectivity index (χ4v) is 6.38. The molecular formula is C26H28F5N3O6S. The molecule has 15 heteroatoms. The molecule has 1 aliphatic heterocycles. The van der Waals surface area contributed by atoms with E-state index in [1.807, 2.05) is 0 Å². The Bertz CT molecular complexity index is 1670. The summed E-state index contributed by atoms with van der Waals surface area (Å²) in [6, 6.07) is 2.73. The minimum atomic E-state index is -5.11. The van der Waals surface area contributed by atoms with Gasteiger partial charge in [-0.05, 0) is 58.7 Å². The number of nitrogens with one attached hydrogen (secondary N) is 1. The van der Waals surface area contributed by atoms with Gasteiger partial charge in [-0.1, -0.05) is 0 Å². The minimum Gasteiger partial charge on any atom is -0.406 e. The zero-order valence-electron chi connectivity index (χ0n) is 22.5. The maximum Gasteiger partial charge on any atom is 0.573 e. The average molecular weight is 606 g/mol. The van der Waals surface area contributed by atoms with Crippen LogP contribution in [0.15, 0.2) is 35.1 Å². The molecule has 0 radical (unpaired) electrons. The molecule has 224 valence electrons. The Kier molecular flexibility index (Phi) is 7.53. The Hall–Kier alpha value is -3.46. The average Bonchev–Trinajstić information content (AvgIpc) is 3.10. The number of sulfone groups is 1. The third-order valence-corrected chi connectivity index (χ3v) is 9.01. The van der Waals surface area contributed by atoms with Crippen molar-refractivity contribution in [2.75, 3.05) is 11.5 Å². The number of hydrogen-bond acceptors (Lipinski definition) is 6. The number of amides is 1. The third-order valence-electron chi connectivity index (χ3n) is 7.35. The maximum atomic E-state index is 15.4. The van der Waals surface area contributed by atoms with Gasteiger partial charge in [0.05, 0.1) is 45.4 Å². The second-order valence-corrected chi connectivity index (χ2v) is 13.3. The smallest absolute Gasteiger partial charge is 0.406 e. The molecule has 2 heterocycles. The molecule has 9 nitrogen and oxygen atoms in total. The van der Waals surface area contributed by atoms with Crippen molar-refractivity contribution in [3.63, 3.8) is 0 Å². The van der Waals surface area contributed by atoms with Gasteiger partial charge in [-0.25, -0.2) is 22.0 Å². The Morgan fingerprint density at radius 1 is 1.07 bits per heavy atom. The van der Waals surface area contributed by atoms with Crippen molar-refractivity contribution in [3.8, 4) is 11.4 Å². The highest BCUT2D eigenvalue weighted by atomic mass is 32.2. The Balaban J connectivity index is 1.90. The van der Waals surface area contributed by atoms with Gasteiger partial charge in [0.2, 0.25) is 0 Å². The lowest BCUT2D eigenvalue weighted by Gasteiger charge is -2.34. The van der Waals surface area contributed by atoms with Crippen LogP contribution in [0.4, 0.5) is 22.0 Å². The van der Waals surface area contributed by atoms with E-state index < -0.39 is 73.6 Å². The van der Waals surface area contributed by atoms with Gasteiger partial charge in [-0.15, -0.1) is 13.2 Å². The zero-order chi connectivity index (χ0) is 30.7. The summed E-state index contributed by atoms with van der Waals surface area (Å²) in [5.41, 5.74) is -5.17. The predicted molar refractivity (Wildman–Crippen MR) is 139 cm³/mol. The van der Waals surface area contributed by atoms with Gasteiger partial charge in [-0.2, -0.15) is 0 Å². The van der Waals surface area contributed by atoms with Gasteiger partial charge >= 0.3 is 12.1 Å². The van der Waals surface area contributed by atoms with E-state index in [-0.39, 0.29) is 35.4 Å². The summed E-state index contributed by atoms with van der Waals surface area (Å²) in [5.74, 6) is -4.33. The highest BCUT2D eigenvalue weighted by molar-refractivity contribution is 7.91. The SMILES string of the molecule is C[C@H](n1c(=O)n(-c2cc(OC(F)(F)F)ccc2F)c2cc(F)c(C(=O)NC3(C)CCS(=O)(=O)CC3)cc21)C(C)(C)O. The van der Waals surface area contributed by atoms with Crippen LogP contribution < -0.4 is 15.7 Å². The van der Waals surface area contributed by atoms with Gasteiger partial charge < -0.3 is 15.2 Å². The van der Waals surface area contributed by atoms with E-state index in [0.717, 1.165) is 16.7 Å². The Morgan fingerprint density at radius 2 is 1.68 bits per heavy atom. The molecule has 41 heavy (non-hydrogen) atoms.